The number of aromatic nitrogens is 1. The number of hydrogen-bond acceptors (Lipinski definition) is 4. The second-order valence-corrected chi connectivity index (χ2v) is 4.17. The van der Waals surface area contributed by atoms with Crippen LogP contribution in [0.15, 0.2) is 11.6 Å². The van der Waals surface area contributed by atoms with Crippen molar-refractivity contribution in [2.24, 2.45) is 0 Å². The van der Waals surface area contributed by atoms with Crippen LogP contribution in [0.4, 0.5) is 0 Å². The largest absolute Gasteiger partial charge is 0.379 e. The Kier molecular flexibility index (Phi) is 3.29. The molecule has 72 valence electrons. The van der Waals surface area contributed by atoms with E-state index in [0.29, 0.717) is 6.04 Å². The van der Waals surface area contributed by atoms with E-state index in [2.05, 4.69) is 10.3 Å². The van der Waals surface area contributed by atoms with Gasteiger partial charge in [0.2, 0.25) is 0 Å². The molecule has 0 saturated carbocycles. The molecule has 1 aromatic rings. The van der Waals surface area contributed by atoms with Crippen molar-refractivity contribution in [1.82, 2.24) is 10.3 Å². The van der Waals surface area contributed by atoms with Gasteiger partial charge in [0.15, 0.2) is 0 Å². The highest BCUT2D eigenvalue weighted by Crippen LogP contribution is 2.09. The van der Waals surface area contributed by atoms with Crippen LogP contribution in [0.1, 0.15) is 11.4 Å². The third-order valence-electron chi connectivity index (χ3n) is 2.19. The van der Waals surface area contributed by atoms with Crippen molar-refractivity contribution >= 4 is 11.3 Å². The molecule has 1 fully saturated rings. The average molecular weight is 198 g/mol. The Morgan fingerprint density at radius 1 is 1.69 bits per heavy atom. The van der Waals surface area contributed by atoms with Gasteiger partial charge in [-0.25, -0.2) is 4.98 Å². The van der Waals surface area contributed by atoms with E-state index in [9.17, 15) is 0 Å². The van der Waals surface area contributed by atoms with Crippen molar-refractivity contribution in [3.63, 3.8) is 0 Å². The molecule has 3 nitrogen and oxygen atoms in total. The zero-order chi connectivity index (χ0) is 8.93. The summed E-state index contributed by atoms with van der Waals surface area (Å²) in [5.41, 5.74) is 0. The van der Waals surface area contributed by atoms with Crippen molar-refractivity contribution in [2.75, 3.05) is 19.8 Å². The van der Waals surface area contributed by atoms with Crippen LogP contribution in [-0.2, 0) is 11.2 Å². The third kappa shape index (κ3) is 2.76. The van der Waals surface area contributed by atoms with Crippen LogP contribution in [0.2, 0.25) is 0 Å². The summed E-state index contributed by atoms with van der Waals surface area (Å²) in [5.74, 6) is 0. The van der Waals surface area contributed by atoms with Gasteiger partial charge in [-0.1, -0.05) is 0 Å². The average Bonchev–Trinajstić information content (AvgIpc) is 2.69. The molecule has 2 rings (SSSR count). The molecule has 0 radical (unpaired) electrons. The van der Waals surface area contributed by atoms with E-state index in [1.54, 1.807) is 11.3 Å². The van der Waals surface area contributed by atoms with Gasteiger partial charge in [0.05, 0.1) is 18.2 Å². The van der Waals surface area contributed by atoms with Crippen molar-refractivity contribution < 1.29 is 4.74 Å². The molecule has 1 aliphatic heterocycles. The molecule has 4 heteroatoms. The lowest BCUT2D eigenvalue weighted by Gasteiger charge is -2.23. The molecular formula is C9H14N2OS. The van der Waals surface area contributed by atoms with Gasteiger partial charge in [-0.3, -0.25) is 0 Å². The number of morpholine rings is 1. The minimum atomic E-state index is 0.526. The van der Waals surface area contributed by atoms with Crippen LogP contribution >= 0.6 is 11.3 Å². The molecule has 0 spiro atoms. The van der Waals surface area contributed by atoms with Crippen LogP contribution in [0.25, 0.3) is 0 Å². The molecule has 1 N–H and O–H groups in total. The Morgan fingerprint density at radius 3 is 3.38 bits per heavy atom. The van der Waals surface area contributed by atoms with Crippen molar-refractivity contribution in [3.05, 3.63) is 16.6 Å². The number of thiazole rings is 1. The van der Waals surface area contributed by atoms with E-state index in [0.717, 1.165) is 32.6 Å². The minimum absolute atomic E-state index is 0.526. The van der Waals surface area contributed by atoms with Gasteiger partial charge in [-0.15, -0.1) is 11.3 Å². The topological polar surface area (TPSA) is 34.1 Å². The molecule has 1 unspecified atom stereocenters. The molecule has 2 heterocycles. The van der Waals surface area contributed by atoms with Gasteiger partial charge < -0.3 is 10.1 Å². The minimum Gasteiger partial charge on any atom is -0.379 e. The van der Waals surface area contributed by atoms with E-state index in [4.69, 9.17) is 4.74 Å². The number of ether oxygens (including phenoxy) is 1. The molecular weight excluding hydrogens is 184 g/mol. The highest BCUT2D eigenvalue weighted by Gasteiger charge is 2.12. The molecule has 1 saturated heterocycles. The number of nitrogens with one attached hydrogen (secondary N) is 1. The summed E-state index contributed by atoms with van der Waals surface area (Å²) in [7, 11) is 0. The van der Waals surface area contributed by atoms with E-state index in [1.165, 1.54) is 5.01 Å². The van der Waals surface area contributed by atoms with Crippen molar-refractivity contribution in [1.29, 1.82) is 0 Å². The van der Waals surface area contributed by atoms with Crippen LogP contribution in [0, 0.1) is 0 Å². The predicted molar refractivity (Wildman–Crippen MR) is 53.0 cm³/mol. The van der Waals surface area contributed by atoms with Crippen LogP contribution < -0.4 is 5.32 Å². The Labute approximate surface area is 82.1 Å². The van der Waals surface area contributed by atoms with E-state index >= 15 is 0 Å². The second kappa shape index (κ2) is 4.69. The first-order valence-electron chi connectivity index (χ1n) is 4.64. The summed E-state index contributed by atoms with van der Waals surface area (Å²) in [6, 6.07) is 0.526. The molecule has 1 aromatic heterocycles. The van der Waals surface area contributed by atoms with Gasteiger partial charge >= 0.3 is 0 Å². The number of hydrogen-bond donors (Lipinski definition) is 1. The Bertz CT molecular complexity index is 232. The number of rotatable bonds is 3. The lowest BCUT2D eigenvalue weighted by Crippen LogP contribution is -2.41. The molecule has 1 aliphatic rings. The van der Waals surface area contributed by atoms with E-state index in [1.807, 2.05) is 11.6 Å². The first kappa shape index (κ1) is 9.12. The van der Waals surface area contributed by atoms with Crippen LogP contribution in [0.5, 0.6) is 0 Å². The first-order chi connectivity index (χ1) is 6.45. The zero-order valence-electron chi connectivity index (χ0n) is 7.53. The Morgan fingerprint density at radius 2 is 2.69 bits per heavy atom. The fourth-order valence-corrected chi connectivity index (χ4v) is 2.12. The van der Waals surface area contributed by atoms with E-state index in [-0.39, 0.29) is 0 Å². The van der Waals surface area contributed by atoms with Gasteiger partial charge in [0, 0.05) is 30.6 Å². The maximum atomic E-state index is 5.37. The molecule has 0 aromatic carbocycles. The summed E-state index contributed by atoms with van der Waals surface area (Å²) < 4.78 is 5.37. The summed E-state index contributed by atoms with van der Waals surface area (Å²) >= 11 is 1.73. The SMILES string of the molecule is c1csc(CCC2COCCN2)n1. The molecule has 13 heavy (non-hydrogen) atoms. The highest BCUT2D eigenvalue weighted by atomic mass is 32.1. The van der Waals surface area contributed by atoms with Crippen LogP contribution in [-0.4, -0.2) is 30.8 Å². The third-order valence-corrected chi connectivity index (χ3v) is 3.03. The molecule has 0 aliphatic carbocycles. The zero-order valence-corrected chi connectivity index (χ0v) is 8.35. The molecule has 0 amide bonds. The normalized spacial score (nSPS) is 23.2. The summed E-state index contributed by atoms with van der Waals surface area (Å²) in [5, 5.41) is 6.69. The molecule has 1 atom stereocenters. The summed E-state index contributed by atoms with van der Waals surface area (Å²) in [4.78, 5) is 4.25. The Hall–Kier alpha value is -0.450. The van der Waals surface area contributed by atoms with E-state index < -0.39 is 0 Å². The molecule has 0 bridgehead atoms. The standard InChI is InChI=1S/C9H14N2OS/c1(2-9-11-4-6-13-9)8-7-12-5-3-10-8/h4,6,8,10H,1-3,5,7H2. The maximum Gasteiger partial charge on any atom is 0.0925 e. The predicted octanol–water partition coefficient (Wildman–Crippen LogP) is 1.06. The Balaban J connectivity index is 1.72. The van der Waals surface area contributed by atoms with Crippen molar-refractivity contribution in [3.8, 4) is 0 Å². The number of nitrogens with zero attached hydrogens (tertiary/aromatic N) is 1. The lowest BCUT2D eigenvalue weighted by molar-refractivity contribution is 0.0743. The summed E-state index contributed by atoms with van der Waals surface area (Å²) in [6.07, 6.45) is 4.07. The highest BCUT2D eigenvalue weighted by molar-refractivity contribution is 7.09. The van der Waals surface area contributed by atoms with Gasteiger partial charge in [0.1, 0.15) is 0 Å². The monoisotopic (exact) mass is 198 g/mol. The van der Waals surface area contributed by atoms with Crippen LogP contribution in [0.3, 0.4) is 0 Å². The fourth-order valence-electron chi connectivity index (χ4n) is 1.48. The maximum absolute atomic E-state index is 5.37. The fraction of sp³-hybridized carbons (Fsp3) is 0.667. The number of aryl methyl sites for hydroxylation is 1. The van der Waals surface area contributed by atoms with Gasteiger partial charge in [-0.05, 0) is 6.42 Å². The van der Waals surface area contributed by atoms with Gasteiger partial charge in [0.25, 0.3) is 0 Å². The lowest BCUT2D eigenvalue weighted by atomic mass is 10.1. The van der Waals surface area contributed by atoms with Gasteiger partial charge in [-0.2, -0.15) is 0 Å². The second-order valence-electron chi connectivity index (χ2n) is 3.19. The summed E-state index contributed by atoms with van der Waals surface area (Å²) in [6.45, 7) is 2.70. The quantitative estimate of drug-likeness (QED) is 0.788. The van der Waals surface area contributed by atoms with Crippen molar-refractivity contribution in [2.45, 2.75) is 18.9 Å². The first-order valence-corrected chi connectivity index (χ1v) is 5.52. The smallest absolute Gasteiger partial charge is 0.0925 e.